The van der Waals surface area contributed by atoms with E-state index in [0.717, 1.165) is 0 Å². The Morgan fingerprint density at radius 2 is 1.83 bits per heavy atom. The van der Waals surface area contributed by atoms with E-state index in [1.165, 1.54) is 14.0 Å². The molecule has 0 rings (SSSR count). The molecular formula is C7H14O5. The lowest BCUT2D eigenvalue weighted by molar-refractivity contribution is -0.137. The van der Waals surface area contributed by atoms with Crippen molar-refractivity contribution >= 4 is 6.29 Å². The average molecular weight is 178 g/mol. The van der Waals surface area contributed by atoms with Gasteiger partial charge in [0.15, 0.2) is 6.29 Å². The second kappa shape index (κ2) is 5.21. The maximum absolute atomic E-state index is 10.0. The number of carbonyl (C=O) groups excluding carboxylic acids is 1. The highest BCUT2D eigenvalue weighted by atomic mass is 16.5. The summed E-state index contributed by atoms with van der Waals surface area (Å²) < 4.78 is 4.68. The molecule has 3 N–H and O–H groups in total. The van der Waals surface area contributed by atoms with E-state index in [1.807, 2.05) is 0 Å². The molecule has 5 nitrogen and oxygen atoms in total. The van der Waals surface area contributed by atoms with Crippen LogP contribution in [0.1, 0.15) is 6.92 Å². The van der Waals surface area contributed by atoms with Gasteiger partial charge in [0.1, 0.15) is 18.3 Å². The molecule has 0 aromatic carbocycles. The number of aliphatic hydroxyl groups excluding tert-OH is 3. The van der Waals surface area contributed by atoms with Gasteiger partial charge in [-0.2, -0.15) is 0 Å². The van der Waals surface area contributed by atoms with Crippen LogP contribution in [0.3, 0.4) is 0 Å². The predicted molar refractivity (Wildman–Crippen MR) is 40.6 cm³/mol. The second-order valence-corrected chi connectivity index (χ2v) is 2.56. The molecule has 0 amide bonds. The van der Waals surface area contributed by atoms with Crippen molar-refractivity contribution in [1.82, 2.24) is 0 Å². The standard InChI is InChI=1S/C7H14O5/c1-4(9)7(12-2)6(11)5(10)3-8/h3-7,9-11H,1-2H3/t4-,5+,6-,7+/m1/s1. The fraction of sp³-hybridized carbons (Fsp3) is 0.857. The third kappa shape index (κ3) is 2.86. The van der Waals surface area contributed by atoms with Crippen LogP contribution in [0.15, 0.2) is 0 Å². The van der Waals surface area contributed by atoms with Crippen LogP contribution in [0, 0.1) is 0 Å². The van der Waals surface area contributed by atoms with Crippen molar-refractivity contribution < 1.29 is 24.9 Å². The molecule has 0 aliphatic rings. The number of hydrogen-bond donors (Lipinski definition) is 3. The molecule has 0 aliphatic carbocycles. The van der Waals surface area contributed by atoms with Gasteiger partial charge in [-0.25, -0.2) is 0 Å². The van der Waals surface area contributed by atoms with Crippen molar-refractivity contribution in [3.05, 3.63) is 0 Å². The molecule has 0 saturated heterocycles. The summed E-state index contributed by atoms with van der Waals surface area (Å²) in [6.07, 6.45) is -4.62. The first kappa shape index (κ1) is 11.5. The first-order chi connectivity index (χ1) is 5.54. The van der Waals surface area contributed by atoms with Crippen LogP contribution < -0.4 is 0 Å². The third-order valence-electron chi connectivity index (χ3n) is 1.57. The molecule has 12 heavy (non-hydrogen) atoms. The van der Waals surface area contributed by atoms with Crippen LogP contribution in [0.4, 0.5) is 0 Å². The summed E-state index contributed by atoms with van der Waals surface area (Å²) in [5, 5.41) is 27.1. The minimum Gasteiger partial charge on any atom is -0.391 e. The van der Waals surface area contributed by atoms with Crippen LogP contribution in [0.5, 0.6) is 0 Å². The van der Waals surface area contributed by atoms with E-state index in [1.54, 1.807) is 0 Å². The van der Waals surface area contributed by atoms with E-state index in [4.69, 9.17) is 10.2 Å². The number of aliphatic hydroxyl groups is 3. The van der Waals surface area contributed by atoms with Gasteiger partial charge in [0.25, 0.3) is 0 Å². The molecule has 0 aromatic rings. The minimum atomic E-state index is -1.52. The van der Waals surface area contributed by atoms with Crippen molar-refractivity contribution in [2.45, 2.75) is 31.3 Å². The van der Waals surface area contributed by atoms with Crippen molar-refractivity contribution in [3.8, 4) is 0 Å². The van der Waals surface area contributed by atoms with Gasteiger partial charge in [0.2, 0.25) is 0 Å². The zero-order valence-corrected chi connectivity index (χ0v) is 7.04. The maximum atomic E-state index is 10.0. The van der Waals surface area contributed by atoms with Crippen LogP contribution >= 0.6 is 0 Å². The number of methoxy groups -OCH3 is 1. The van der Waals surface area contributed by atoms with Gasteiger partial charge in [0, 0.05) is 7.11 Å². The lowest BCUT2D eigenvalue weighted by Gasteiger charge is -2.24. The highest BCUT2D eigenvalue weighted by Gasteiger charge is 2.29. The van der Waals surface area contributed by atoms with Gasteiger partial charge in [-0.3, -0.25) is 0 Å². The van der Waals surface area contributed by atoms with Crippen LogP contribution in [-0.4, -0.2) is 53.1 Å². The molecule has 0 saturated carbocycles. The van der Waals surface area contributed by atoms with Crippen LogP contribution in [0.25, 0.3) is 0 Å². The van der Waals surface area contributed by atoms with E-state index in [0.29, 0.717) is 0 Å². The Hall–Kier alpha value is -0.490. The predicted octanol–water partition coefficient (Wildman–Crippen LogP) is -1.70. The van der Waals surface area contributed by atoms with E-state index in [9.17, 15) is 9.90 Å². The monoisotopic (exact) mass is 178 g/mol. The molecule has 0 bridgehead atoms. The van der Waals surface area contributed by atoms with Crippen LogP contribution in [-0.2, 0) is 9.53 Å². The highest BCUT2D eigenvalue weighted by Crippen LogP contribution is 2.06. The SMILES string of the molecule is CO[C@H]([C@H](O)[C@@H](O)C=O)[C@@H](C)O. The van der Waals surface area contributed by atoms with Crippen molar-refractivity contribution in [1.29, 1.82) is 0 Å². The maximum Gasteiger partial charge on any atom is 0.151 e. The Morgan fingerprint density at radius 3 is 2.08 bits per heavy atom. The highest BCUT2D eigenvalue weighted by molar-refractivity contribution is 5.56. The summed E-state index contributed by atoms with van der Waals surface area (Å²) in [6, 6.07) is 0. The quantitative estimate of drug-likeness (QED) is 0.437. The zero-order valence-electron chi connectivity index (χ0n) is 7.04. The van der Waals surface area contributed by atoms with Crippen LogP contribution in [0.2, 0.25) is 0 Å². The minimum absolute atomic E-state index is 0.194. The van der Waals surface area contributed by atoms with Gasteiger partial charge in [-0.1, -0.05) is 0 Å². The Bertz CT molecular complexity index is 136. The van der Waals surface area contributed by atoms with Gasteiger partial charge in [0.05, 0.1) is 6.10 Å². The smallest absolute Gasteiger partial charge is 0.151 e. The Balaban J connectivity index is 4.19. The summed E-state index contributed by atoms with van der Waals surface area (Å²) in [6.45, 7) is 1.40. The lowest BCUT2D eigenvalue weighted by atomic mass is 10.1. The second-order valence-electron chi connectivity index (χ2n) is 2.56. The van der Waals surface area contributed by atoms with Crippen molar-refractivity contribution in [3.63, 3.8) is 0 Å². The summed E-state index contributed by atoms with van der Waals surface area (Å²) in [7, 11) is 1.28. The number of ether oxygens (including phenoxy) is 1. The Kier molecular flexibility index (Phi) is 5.00. The molecule has 0 heterocycles. The first-order valence-electron chi connectivity index (χ1n) is 3.56. The Labute approximate surface area is 70.6 Å². The zero-order chi connectivity index (χ0) is 9.72. The number of aldehydes is 1. The normalized spacial score (nSPS) is 21.1. The van der Waals surface area contributed by atoms with E-state index >= 15 is 0 Å². The van der Waals surface area contributed by atoms with Gasteiger partial charge in [-0.05, 0) is 6.92 Å². The van der Waals surface area contributed by atoms with E-state index < -0.39 is 24.4 Å². The Morgan fingerprint density at radius 1 is 1.33 bits per heavy atom. The number of carbonyl (C=O) groups is 1. The lowest BCUT2D eigenvalue weighted by Crippen LogP contribution is -2.45. The summed E-state index contributed by atoms with van der Waals surface area (Å²) >= 11 is 0. The van der Waals surface area contributed by atoms with E-state index in [2.05, 4.69) is 4.74 Å². The third-order valence-corrected chi connectivity index (χ3v) is 1.57. The molecule has 0 aliphatic heterocycles. The average Bonchev–Trinajstić information content (AvgIpc) is 2.03. The largest absolute Gasteiger partial charge is 0.391 e. The molecular weight excluding hydrogens is 164 g/mol. The van der Waals surface area contributed by atoms with Gasteiger partial charge in [-0.15, -0.1) is 0 Å². The summed E-state index contributed by atoms with van der Waals surface area (Å²) in [5.41, 5.74) is 0. The molecule has 5 heteroatoms. The van der Waals surface area contributed by atoms with Crippen molar-refractivity contribution in [2.24, 2.45) is 0 Å². The molecule has 4 atom stereocenters. The molecule has 0 aromatic heterocycles. The van der Waals surface area contributed by atoms with Gasteiger partial charge < -0.3 is 24.9 Å². The van der Waals surface area contributed by atoms with Crippen molar-refractivity contribution in [2.75, 3.05) is 7.11 Å². The van der Waals surface area contributed by atoms with E-state index in [-0.39, 0.29) is 6.29 Å². The molecule has 0 fully saturated rings. The molecule has 0 spiro atoms. The number of hydrogen-bond acceptors (Lipinski definition) is 5. The molecule has 0 unspecified atom stereocenters. The summed E-state index contributed by atoms with van der Waals surface area (Å²) in [4.78, 5) is 10.0. The number of rotatable bonds is 5. The molecule has 0 radical (unpaired) electrons. The van der Waals surface area contributed by atoms with Gasteiger partial charge >= 0.3 is 0 Å². The fourth-order valence-electron chi connectivity index (χ4n) is 0.897. The summed E-state index contributed by atoms with van der Waals surface area (Å²) in [5.74, 6) is 0. The topological polar surface area (TPSA) is 87.0 Å². The fourth-order valence-corrected chi connectivity index (χ4v) is 0.897. The molecule has 72 valence electrons. The first-order valence-corrected chi connectivity index (χ1v) is 3.56.